The summed E-state index contributed by atoms with van der Waals surface area (Å²) in [4.78, 5) is 18.8. The van der Waals surface area contributed by atoms with Crippen molar-refractivity contribution >= 4 is 11.9 Å². The van der Waals surface area contributed by atoms with Crippen molar-refractivity contribution in [2.24, 2.45) is 5.92 Å². The average molecular weight is 253 g/mol. The Kier molecular flexibility index (Phi) is 4.07. The summed E-state index contributed by atoms with van der Waals surface area (Å²) in [5, 5.41) is 12.2. The van der Waals surface area contributed by atoms with Crippen LogP contribution in [0.25, 0.3) is 0 Å². The fraction of sp³-hybridized carbons (Fsp3) is 0.583. The number of hydrogen-bond donors (Lipinski definition) is 2. The van der Waals surface area contributed by atoms with Crippen molar-refractivity contribution in [1.29, 1.82) is 0 Å². The molecule has 2 atom stereocenters. The predicted molar refractivity (Wildman–Crippen MR) is 63.6 cm³/mol. The maximum atomic E-state index is 12.7. The van der Waals surface area contributed by atoms with E-state index in [9.17, 15) is 14.3 Å². The van der Waals surface area contributed by atoms with Gasteiger partial charge in [-0.1, -0.05) is 19.3 Å². The SMILES string of the molecule is O=C(O)C1CCCCCC1Nc1ncc(F)cn1. The minimum atomic E-state index is -0.795. The first-order valence-corrected chi connectivity index (χ1v) is 6.13. The van der Waals surface area contributed by atoms with E-state index in [-0.39, 0.29) is 12.0 Å². The summed E-state index contributed by atoms with van der Waals surface area (Å²) in [6, 6.07) is -0.185. The van der Waals surface area contributed by atoms with Gasteiger partial charge < -0.3 is 10.4 Å². The van der Waals surface area contributed by atoms with Crippen LogP contribution < -0.4 is 5.32 Å². The number of carboxylic acids is 1. The summed E-state index contributed by atoms with van der Waals surface area (Å²) in [6.45, 7) is 0. The van der Waals surface area contributed by atoms with Crippen molar-refractivity contribution in [3.63, 3.8) is 0 Å². The average Bonchev–Trinajstić information content (AvgIpc) is 2.57. The number of carboxylic acid groups (broad SMARTS) is 1. The van der Waals surface area contributed by atoms with Crippen molar-refractivity contribution in [1.82, 2.24) is 9.97 Å². The van der Waals surface area contributed by atoms with Gasteiger partial charge in [0, 0.05) is 6.04 Å². The van der Waals surface area contributed by atoms with Gasteiger partial charge in [0.2, 0.25) is 5.95 Å². The summed E-state index contributed by atoms with van der Waals surface area (Å²) >= 11 is 0. The lowest BCUT2D eigenvalue weighted by Crippen LogP contribution is -2.34. The number of carbonyl (C=O) groups is 1. The highest BCUT2D eigenvalue weighted by atomic mass is 19.1. The number of halogens is 1. The Balaban J connectivity index is 2.08. The lowest BCUT2D eigenvalue weighted by Gasteiger charge is -2.22. The molecule has 0 bridgehead atoms. The maximum absolute atomic E-state index is 12.7. The molecule has 18 heavy (non-hydrogen) atoms. The van der Waals surface area contributed by atoms with E-state index in [0.717, 1.165) is 38.1 Å². The first-order valence-electron chi connectivity index (χ1n) is 6.13. The van der Waals surface area contributed by atoms with Crippen LogP contribution in [-0.4, -0.2) is 27.1 Å². The molecule has 2 rings (SSSR count). The summed E-state index contributed by atoms with van der Waals surface area (Å²) in [5.41, 5.74) is 0. The molecule has 2 unspecified atom stereocenters. The monoisotopic (exact) mass is 253 g/mol. The van der Waals surface area contributed by atoms with Crippen LogP contribution in [0, 0.1) is 11.7 Å². The molecule has 0 aromatic carbocycles. The second-order valence-corrected chi connectivity index (χ2v) is 4.56. The van der Waals surface area contributed by atoms with E-state index in [4.69, 9.17) is 0 Å². The van der Waals surface area contributed by atoms with Gasteiger partial charge in [-0.3, -0.25) is 4.79 Å². The molecule has 1 aliphatic rings. The first kappa shape index (κ1) is 12.7. The summed E-state index contributed by atoms with van der Waals surface area (Å²) in [7, 11) is 0. The molecule has 1 heterocycles. The fourth-order valence-corrected chi connectivity index (χ4v) is 2.33. The molecule has 0 saturated heterocycles. The van der Waals surface area contributed by atoms with Gasteiger partial charge in [-0.2, -0.15) is 0 Å². The molecular weight excluding hydrogens is 237 g/mol. The third kappa shape index (κ3) is 3.15. The maximum Gasteiger partial charge on any atom is 0.308 e. The fourth-order valence-electron chi connectivity index (χ4n) is 2.33. The molecule has 1 aromatic heterocycles. The lowest BCUT2D eigenvalue weighted by atomic mass is 9.95. The van der Waals surface area contributed by atoms with Gasteiger partial charge >= 0.3 is 5.97 Å². The molecule has 0 radical (unpaired) electrons. The van der Waals surface area contributed by atoms with Crippen LogP contribution in [0.5, 0.6) is 0 Å². The second kappa shape index (κ2) is 5.75. The number of aromatic nitrogens is 2. The third-order valence-corrected chi connectivity index (χ3v) is 3.27. The molecular formula is C12H16FN3O2. The minimum Gasteiger partial charge on any atom is -0.481 e. The molecule has 0 aliphatic heterocycles. The molecule has 2 N–H and O–H groups in total. The number of aliphatic carboxylic acids is 1. The number of anilines is 1. The number of rotatable bonds is 3. The standard InChI is InChI=1S/C12H16FN3O2/c13-8-6-14-12(15-7-8)16-10-5-3-1-2-4-9(10)11(17)18/h6-7,9-10H,1-5H2,(H,17,18)(H,14,15,16). The zero-order chi connectivity index (χ0) is 13.0. The Hall–Kier alpha value is -1.72. The molecule has 5 nitrogen and oxygen atoms in total. The van der Waals surface area contributed by atoms with Gasteiger partial charge in [-0.25, -0.2) is 14.4 Å². The topological polar surface area (TPSA) is 75.1 Å². The zero-order valence-corrected chi connectivity index (χ0v) is 9.97. The van der Waals surface area contributed by atoms with Crippen LogP contribution in [0.4, 0.5) is 10.3 Å². The molecule has 0 spiro atoms. The number of hydrogen-bond acceptors (Lipinski definition) is 4. The van der Waals surface area contributed by atoms with E-state index in [1.54, 1.807) is 0 Å². The molecule has 1 aromatic rings. The van der Waals surface area contributed by atoms with E-state index >= 15 is 0 Å². The van der Waals surface area contributed by atoms with Crippen molar-refractivity contribution in [2.45, 2.75) is 38.1 Å². The van der Waals surface area contributed by atoms with Gasteiger partial charge in [0.05, 0.1) is 18.3 Å². The molecule has 1 saturated carbocycles. The van der Waals surface area contributed by atoms with Crippen LogP contribution in [0.1, 0.15) is 32.1 Å². The largest absolute Gasteiger partial charge is 0.481 e. The number of nitrogens with one attached hydrogen (secondary N) is 1. The number of nitrogens with zero attached hydrogens (tertiary/aromatic N) is 2. The zero-order valence-electron chi connectivity index (χ0n) is 9.97. The summed E-state index contributed by atoms with van der Waals surface area (Å²) in [5.74, 6) is -1.44. The van der Waals surface area contributed by atoms with Gasteiger partial charge in [0.1, 0.15) is 0 Å². The Bertz CT molecular complexity index is 410. The van der Waals surface area contributed by atoms with Crippen LogP contribution in [0.15, 0.2) is 12.4 Å². The Morgan fingerprint density at radius 3 is 2.61 bits per heavy atom. The van der Waals surface area contributed by atoms with Crippen molar-refractivity contribution < 1.29 is 14.3 Å². The predicted octanol–water partition coefficient (Wildman–Crippen LogP) is 2.06. The highest BCUT2D eigenvalue weighted by Crippen LogP contribution is 2.25. The molecule has 1 fully saturated rings. The first-order chi connectivity index (χ1) is 8.66. The minimum absolute atomic E-state index is 0.185. The third-order valence-electron chi connectivity index (χ3n) is 3.27. The Labute approximate surface area is 104 Å². The van der Waals surface area contributed by atoms with E-state index in [1.807, 2.05) is 0 Å². The van der Waals surface area contributed by atoms with E-state index in [0.29, 0.717) is 6.42 Å². The van der Waals surface area contributed by atoms with Crippen LogP contribution in [-0.2, 0) is 4.79 Å². The van der Waals surface area contributed by atoms with E-state index in [2.05, 4.69) is 15.3 Å². The highest BCUT2D eigenvalue weighted by Gasteiger charge is 2.29. The molecule has 6 heteroatoms. The van der Waals surface area contributed by atoms with Crippen molar-refractivity contribution in [2.75, 3.05) is 5.32 Å². The van der Waals surface area contributed by atoms with Crippen molar-refractivity contribution in [3.05, 3.63) is 18.2 Å². The van der Waals surface area contributed by atoms with Crippen LogP contribution >= 0.6 is 0 Å². The van der Waals surface area contributed by atoms with Gasteiger partial charge in [0.15, 0.2) is 5.82 Å². The molecule has 1 aliphatic carbocycles. The Morgan fingerprint density at radius 2 is 1.94 bits per heavy atom. The smallest absolute Gasteiger partial charge is 0.308 e. The molecule has 0 amide bonds. The highest BCUT2D eigenvalue weighted by molar-refractivity contribution is 5.71. The second-order valence-electron chi connectivity index (χ2n) is 4.56. The normalized spacial score (nSPS) is 24.3. The summed E-state index contributed by atoms with van der Waals surface area (Å²) in [6.07, 6.45) is 6.55. The Morgan fingerprint density at radius 1 is 1.28 bits per heavy atom. The quantitative estimate of drug-likeness (QED) is 0.806. The lowest BCUT2D eigenvalue weighted by molar-refractivity contribution is -0.142. The molecule has 98 valence electrons. The van der Waals surface area contributed by atoms with E-state index < -0.39 is 17.7 Å². The van der Waals surface area contributed by atoms with Gasteiger partial charge in [-0.05, 0) is 12.8 Å². The summed E-state index contributed by atoms with van der Waals surface area (Å²) < 4.78 is 12.7. The van der Waals surface area contributed by atoms with Crippen molar-refractivity contribution in [3.8, 4) is 0 Å². The van der Waals surface area contributed by atoms with E-state index in [1.165, 1.54) is 0 Å². The van der Waals surface area contributed by atoms with Gasteiger partial charge in [0.25, 0.3) is 0 Å². The van der Waals surface area contributed by atoms with Gasteiger partial charge in [-0.15, -0.1) is 0 Å². The van der Waals surface area contributed by atoms with Crippen LogP contribution in [0.2, 0.25) is 0 Å². The van der Waals surface area contributed by atoms with Crippen LogP contribution in [0.3, 0.4) is 0 Å².